The molecule has 5 heavy (non-hydrogen) atoms. The van der Waals surface area contributed by atoms with Gasteiger partial charge in [-0.1, -0.05) is 0 Å². The summed E-state index contributed by atoms with van der Waals surface area (Å²) in [6, 6.07) is 0. The van der Waals surface area contributed by atoms with E-state index < -0.39 is 0 Å². The Morgan fingerprint density at radius 2 is 1.40 bits per heavy atom. The summed E-state index contributed by atoms with van der Waals surface area (Å²) in [6.45, 7) is 3.06. The normalized spacial score (nSPS) is 5.20. The summed E-state index contributed by atoms with van der Waals surface area (Å²) in [6.07, 6.45) is 0. The first-order chi connectivity index (χ1) is 1.73. The predicted molar refractivity (Wildman–Crippen MR) is 16.4 cm³/mol. The average Bonchev–Trinajstić information content (AvgIpc) is 0.811. The van der Waals surface area contributed by atoms with Crippen molar-refractivity contribution in [2.45, 2.75) is 13.8 Å². The fourth-order valence-electron chi connectivity index (χ4n) is 0. The molecule has 0 rings (SSSR count). The maximum atomic E-state index is 9.44. The fourth-order valence-corrected chi connectivity index (χ4v) is 0. The Kier molecular flexibility index (Phi) is 7.72. The molecule has 0 saturated heterocycles. The molecule has 0 unspecified atom stereocenters. The summed E-state index contributed by atoms with van der Waals surface area (Å²) < 4.78 is 0. The van der Waals surface area contributed by atoms with Crippen molar-refractivity contribution in [3.05, 3.63) is 0 Å². The predicted octanol–water partition coefficient (Wildman–Crippen LogP) is 0.593. The van der Waals surface area contributed by atoms with E-state index in [0.717, 1.165) is 0 Å². The number of hydrogen-bond acceptors (Lipinski definition) is 1. The van der Waals surface area contributed by atoms with Crippen LogP contribution in [0.5, 0.6) is 0 Å². The van der Waals surface area contributed by atoms with Gasteiger partial charge in [0.15, 0.2) is 0 Å². The van der Waals surface area contributed by atoms with Crippen LogP contribution in [-0.4, -0.2) is 5.78 Å². The Bertz CT molecular complexity index is 29.9. The van der Waals surface area contributed by atoms with Crippen LogP contribution in [0.15, 0.2) is 0 Å². The summed E-state index contributed by atoms with van der Waals surface area (Å²) in [5.74, 6) is 0.167. The van der Waals surface area contributed by atoms with E-state index in [9.17, 15) is 4.79 Å². The first-order valence-electron chi connectivity index (χ1n) is 1.20. The Hall–Kier alpha value is 0.293. The summed E-state index contributed by atoms with van der Waals surface area (Å²) in [5.41, 5.74) is 0. The first kappa shape index (κ1) is 9.00. The van der Waals surface area contributed by atoms with Crippen LogP contribution in [0.4, 0.5) is 0 Å². The molecule has 0 heterocycles. The molecule has 0 aliphatic heterocycles. The summed E-state index contributed by atoms with van der Waals surface area (Å²) in [7, 11) is 0. The zero-order valence-electron chi connectivity index (χ0n) is 3.26. The van der Waals surface area contributed by atoms with Crippen molar-refractivity contribution in [1.82, 2.24) is 0 Å². The largest absolute Gasteiger partial charge is 0.300 e. The maximum Gasteiger partial charge on any atom is 0.126 e. The van der Waals surface area contributed by atoms with E-state index in [1.54, 1.807) is 0 Å². The van der Waals surface area contributed by atoms with Gasteiger partial charge in [0.25, 0.3) is 0 Å². The van der Waals surface area contributed by atoms with E-state index in [0.29, 0.717) is 0 Å². The molecule has 0 radical (unpaired) electrons. The van der Waals surface area contributed by atoms with Gasteiger partial charge in [0, 0.05) is 19.5 Å². The minimum Gasteiger partial charge on any atom is -0.300 e. The second kappa shape index (κ2) is 4.29. The van der Waals surface area contributed by atoms with Gasteiger partial charge < -0.3 is 4.79 Å². The molecule has 0 aromatic rings. The van der Waals surface area contributed by atoms with E-state index >= 15 is 0 Å². The number of Topliss-reactive ketones (excluding diaryl/α,β-unsaturated/α-hetero) is 1. The van der Waals surface area contributed by atoms with Crippen LogP contribution in [0.2, 0.25) is 0 Å². The Morgan fingerprint density at radius 1 is 1.40 bits per heavy atom. The maximum absolute atomic E-state index is 9.44. The summed E-state index contributed by atoms with van der Waals surface area (Å²) in [4.78, 5) is 9.44. The minimum atomic E-state index is 0. The zero-order chi connectivity index (χ0) is 3.58. The molecule has 0 aromatic heterocycles. The van der Waals surface area contributed by atoms with Crippen LogP contribution in [0.25, 0.3) is 0 Å². The number of hydrogen-bond donors (Lipinski definition) is 0. The van der Waals surface area contributed by atoms with E-state index in [4.69, 9.17) is 0 Å². The summed E-state index contributed by atoms with van der Waals surface area (Å²) in [5, 5.41) is 0. The van der Waals surface area contributed by atoms with Crippen molar-refractivity contribution in [3.8, 4) is 0 Å². The standard InChI is InChI=1S/C3H6O.Ru/c1-3(2)4;/h1-2H3;. The Labute approximate surface area is 44.5 Å². The van der Waals surface area contributed by atoms with Crippen LogP contribution in [0.1, 0.15) is 13.8 Å². The van der Waals surface area contributed by atoms with E-state index in [1.165, 1.54) is 13.8 Å². The van der Waals surface area contributed by atoms with Gasteiger partial charge in [0.1, 0.15) is 5.78 Å². The Morgan fingerprint density at radius 3 is 1.40 bits per heavy atom. The summed E-state index contributed by atoms with van der Waals surface area (Å²) >= 11 is 0. The molecule has 32 valence electrons. The zero-order valence-corrected chi connectivity index (χ0v) is 5.00. The first-order valence-corrected chi connectivity index (χ1v) is 1.20. The molecule has 0 atom stereocenters. The third kappa shape index (κ3) is 262. The van der Waals surface area contributed by atoms with Gasteiger partial charge in [0.05, 0.1) is 0 Å². The van der Waals surface area contributed by atoms with E-state index in [-0.39, 0.29) is 25.3 Å². The molecule has 0 aliphatic rings. The quantitative estimate of drug-likeness (QED) is 0.473. The van der Waals surface area contributed by atoms with Gasteiger partial charge in [-0.05, 0) is 13.8 Å². The van der Waals surface area contributed by atoms with Crippen LogP contribution < -0.4 is 0 Å². The van der Waals surface area contributed by atoms with Crippen molar-refractivity contribution >= 4 is 5.78 Å². The van der Waals surface area contributed by atoms with Crippen LogP contribution in [0, 0.1) is 0 Å². The fraction of sp³-hybridized carbons (Fsp3) is 0.667. The van der Waals surface area contributed by atoms with Gasteiger partial charge in [-0.15, -0.1) is 0 Å². The van der Waals surface area contributed by atoms with Gasteiger partial charge in [-0.2, -0.15) is 0 Å². The van der Waals surface area contributed by atoms with E-state index in [2.05, 4.69) is 0 Å². The van der Waals surface area contributed by atoms with E-state index in [1.807, 2.05) is 0 Å². The van der Waals surface area contributed by atoms with Gasteiger partial charge in [0.2, 0.25) is 0 Å². The number of ketones is 1. The molecule has 1 nitrogen and oxygen atoms in total. The molecule has 0 saturated carbocycles. The second-order valence-corrected chi connectivity index (χ2v) is 0.908. The molecule has 2 heteroatoms. The smallest absolute Gasteiger partial charge is 0.126 e. The molecule has 0 spiro atoms. The molecular weight excluding hydrogens is 153 g/mol. The minimum absolute atomic E-state index is 0. The molecule has 0 N–H and O–H groups in total. The SMILES string of the molecule is CC(C)=O.[Ru]. The van der Waals surface area contributed by atoms with Crippen LogP contribution in [0.3, 0.4) is 0 Å². The number of rotatable bonds is 0. The third-order valence-electron chi connectivity index (χ3n) is 0. The second-order valence-electron chi connectivity index (χ2n) is 0.908. The van der Waals surface area contributed by atoms with Gasteiger partial charge in [-0.3, -0.25) is 0 Å². The van der Waals surface area contributed by atoms with Crippen molar-refractivity contribution in [2.75, 3.05) is 0 Å². The molecule has 0 aromatic carbocycles. The number of carbonyl (C=O) groups is 1. The topological polar surface area (TPSA) is 17.1 Å². The molecule has 0 amide bonds. The number of carbonyl (C=O) groups excluding carboxylic acids is 1. The van der Waals surface area contributed by atoms with Crippen molar-refractivity contribution in [2.24, 2.45) is 0 Å². The third-order valence-corrected chi connectivity index (χ3v) is 0. The van der Waals surface area contributed by atoms with Crippen LogP contribution in [-0.2, 0) is 24.3 Å². The molecule has 0 bridgehead atoms. The molecular formula is C3H6ORu. The molecule has 0 fully saturated rings. The van der Waals surface area contributed by atoms with Crippen molar-refractivity contribution in [1.29, 1.82) is 0 Å². The average molecular weight is 159 g/mol. The van der Waals surface area contributed by atoms with Crippen molar-refractivity contribution in [3.63, 3.8) is 0 Å². The van der Waals surface area contributed by atoms with Crippen LogP contribution >= 0.6 is 0 Å². The monoisotopic (exact) mass is 160 g/mol. The Balaban J connectivity index is 0. The van der Waals surface area contributed by atoms with Gasteiger partial charge >= 0.3 is 0 Å². The molecule has 0 aliphatic carbocycles. The van der Waals surface area contributed by atoms with Crippen molar-refractivity contribution < 1.29 is 24.3 Å². The van der Waals surface area contributed by atoms with Gasteiger partial charge in [-0.25, -0.2) is 0 Å².